The number of rotatable bonds is 5. The van der Waals surface area contributed by atoms with Crippen LogP contribution in [0, 0.1) is 6.92 Å². The molecule has 1 aliphatic heterocycles. The van der Waals surface area contributed by atoms with Gasteiger partial charge >= 0.3 is 6.09 Å². The lowest BCUT2D eigenvalue weighted by Gasteiger charge is -2.26. The topological polar surface area (TPSA) is 105 Å². The molecule has 0 aliphatic carbocycles. The Hall–Kier alpha value is -3.86. The molecule has 2 aromatic heterocycles. The molecule has 3 heterocycles. The van der Waals surface area contributed by atoms with E-state index in [0.717, 1.165) is 20.8 Å². The number of aryl methyl sites for hydroxylation is 1. The minimum atomic E-state index is -0.613. The van der Waals surface area contributed by atoms with E-state index in [0.29, 0.717) is 49.7 Å². The highest BCUT2D eigenvalue weighted by atomic mass is 35.5. The fourth-order valence-corrected chi connectivity index (χ4v) is 5.69. The molecular weight excluding hydrogens is 563 g/mol. The molecule has 9 nitrogen and oxygen atoms in total. The van der Waals surface area contributed by atoms with Gasteiger partial charge in [-0.3, -0.25) is 5.32 Å². The first kappa shape index (κ1) is 25.4. The lowest BCUT2D eigenvalue weighted by molar-refractivity contribution is 0.0384. The zero-order chi connectivity index (χ0) is 27.1. The summed E-state index contributed by atoms with van der Waals surface area (Å²) in [6.45, 7) is 2.16. The molecule has 3 aromatic carbocycles. The van der Waals surface area contributed by atoms with Crippen molar-refractivity contribution in [2.24, 2.45) is 0 Å². The third-order valence-corrected chi connectivity index (χ3v) is 7.58. The minimum Gasteiger partial charge on any atom is -0.484 e. The Morgan fingerprint density at radius 1 is 1.15 bits per heavy atom. The third kappa shape index (κ3) is 5.10. The molecule has 12 heteroatoms. The summed E-state index contributed by atoms with van der Waals surface area (Å²) < 4.78 is 23.5. The quantitative estimate of drug-likeness (QED) is 0.238. The third-order valence-electron chi connectivity index (χ3n) is 5.95. The Bertz CT molecular complexity index is 1730. The molecule has 0 saturated heterocycles. The van der Waals surface area contributed by atoms with E-state index in [1.54, 1.807) is 43.6 Å². The Labute approximate surface area is 236 Å². The summed E-state index contributed by atoms with van der Waals surface area (Å²) in [5.41, 5.74) is 4.43. The molecule has 0 saturated carbocycles. The van der Waals surface area contributed by atoms with E-state index in [4.69, 9.17) is 47.1 Å². The van der Waals surface area contributed by atoms with Crippen LogP contribution in [-0.2, 0) is 4.74 Å². The van der Waals surface area contributed by atoms with Crippen molar-refractivity contribution >= 4 is 67.6 Å². The SMILES string of the molecule is COc1cnc2c(-c3nc4c(Cl)cc5c(c4s3)OCC(COC(=O)Nc3ccc(Cl)cc3)O5)cc(C)cc2n1. The Morgan fingerprint density at radius 2 is 1.97 bits per heavy atom. The van der Waals surface area contributed by atoms with Crippen LogP contribution in [0.25, 0.3) is 31.8 Å². The molecule has 1 unspecified atom stereocenters. The number of nitrogens with zero attached hydrogens (tertiary/aromatic N) is 3. The van der Waals surface area contributed by atoms with Crippen molar-refractivity contribution in [3.8, 4) is 28.0 Å². The van der Waals surface area contributed by atoms with Crippen LogP contribution in [-0.4, -0.2) is 47.5 Å². The van der Waals surface area contributed by atoms with E-state index in [1.807, 2.05) is 19.1 Å². The average Bonchev–Trinajstić information content (AvgIpc) is 3.38. The van der Waals surface area contributed by atoms with Crippen molar-refractivity contribution in [3.63, 3.8) is 0 Å². The lowest BCUT2D eigenvalue weighted by Crippen LogP contribution is -2.35. The summed E-state index contributed by atoms with van der Waals surface area (Å²) in [4.78, 5) is 26.1. The van der Waals surface area contributed by atoms with Gasteiger partial charge in [0.2, 0.25) is 5.88 Å². The highest BCUT2D eigenvalue weighted by Crippen LogP contribution is 2.47. The highest BCUT2D eigenvalue weighted by molar-refractivity contribution is 7.22. The molecular formula is C27H20Cl2N4O5S. The van der Waals surface area contributed by atoms with Crippen molar-refractivity contribution in [2.45, 2.75) is 13.0 Å². The molecule has 5 aromatic rings. The highest BCUT2D eigenvalue weighted by Gasteiger charge is 2.28. The molecule has 0 spiro atoms. The summed E-state index contributed by atoms with van der Waals surface area (Å²) in [6.07, 6.45) is 0.455. The Kier molecular flexibility index (Phi) is 6.76. The molecule has 39 heavy (non-hydrogen) atoms. The predicted octanol–water partition coefficient (Wildman–Crippen LogP) is 6.92. The Balaban J connectivity index is 1.24. The van der Waals surface area contributed by atoms with Crippen LogP contribution in [0.3, 0.4) is 0 Å². The summed E-state index contributed by atoms with van der Waals surface area (Å²) in [5, 5.41) is 4.36. The van der Waals surface area contributed by atoms with Crippen LogP contribution < -0.4 is 19.5 Å². The molecule has 0 fully saturated rings. The number of benzene rings is 3. The second-order valence-corrected chi connectivity index (χ2v) is 10.6. The van der Waals surface area contributed by atoms with Gasteiger partial charge in [-0.2, -0.15) is 0 Å². The maximum absolute atomic E-state index is 12.2. The van der Waals surface area contributed by atoms with Gasteiger partial charge in [-0.15, -0.1) is 11.3 Å². The fourth-order valence-electron chi connectivity index (χ4n) is 4.17. The smallest absolute Gasteiger partial charge is 0.411 e. The number of carbonyl (C=O) groups is 1. The van der Waals surface area contributed by atoms with Crippen molar-refractivity contribution in [1.29, 1.82) is 0 Å². The fraction of sp³-hybridized carbons (Fsp3) is 0.185. The van der Waals surface area contributed by atoms with Crippen molar-refractivity contribution in [3.05, 3.63) is 64.3 Å². The number of ether oxygens (including phenoxy) is 4. The number of hydrogen-bond donors (Lipinski definition) is 1. The summed E-state index contributed by atoms with van der Waals surface area (Å²) in [7, 11) is 1.56. The van der Waals surface area contributed by atoms with E-state index in [1.165, 1.54) is 11.3 Å². The number of halogens is 2. The van der Waals surface area contributed by atoms with E-state index in [2.05, 4.69) is 15.3 Å². The molecule has 1 N–H and O–H groups in total. The van der Waals surface area contributed by atoms with Crippen LogP contribution in [0.15, 0.2) is 48.7 Å². The molecule has 1 atom stereocenters. The van der Waals surface area contributed by atoms with E-state index in [9.17, 15) is 4.79 Å². The van der Waals surface area contributed by atoms with Crippen LogP contribution >= 0.6 is 34.5 Å². The zero-order valence-electron chi connectivity index (χ0n) is 20.7. The second-order valence-electron chi connectivity index (χ2n) is 8.76. The average molecular weight is 583 g/mol. The van der Waals surface area contributed by atoms with Crippen LogP contribution in [0.4, 0.5) is 10.5 Å². The molecule has 0 radical (unpaired) electrons. The predicted molar refractivity (Wildman–Crippen MR) is 151 cm³/mol. The van der Waals surface area contributed by atoms with Crippen molar-refractivity contribution in [2.75, 3.05) is 25.6 Å². The molecule has 0 bridgehead atoms. The van der Waals surface area contributed by atoms with Gasteiger partial charge in [0.15, 0.2) is 17.6 Å². The normalized spacial score (nSPS) is 14.4. The minimum absolute atomic E-state index is 0.0140. The standard InChI is InChI=1S/C27H20Cl2N4O5S/c1-13-7-17(22-19(8-13)32-21(35-2)10-30-22)26-33-23-18(29)9-20-24(25(23)39-26)36-11-16(38-20)12-37-27(34)31-15-5-3-14(28)4-6-15/h3-10,16H,11-12H2,1-2H3,(H,31,34). The number of fused-ring (bicyclic) bond motifs is 4. The summed E-state index contributed by atoms with van der Waals surface area (Å²) in [6, 6.07) is 12.3. The number of thiazole rings is 1. The van der Waals surface area contributed by atoms with E-state index in [-0.39, 0.29) is 13.2 Å². The number of nitrogens with one attached hydrogen (secondary N) is 1. The first-order chi connectivity index (χ1) is 18.9. The summed E-state index contributed by atoms with van der Waals surface area (Å²) in [5.74, 6) is 1.44. The summed E-state index contributed by atoms with van der Waals surface area (Å²) >= 11 is 13.9. The van der Waals surface area contributed by atoms with Crippen LogP contribution in [0.1, 0.15) is 5.56 Å². The maximum atomic E-state index is 12.2. The molecule has 6 rings (SSSR count). The van der Waals surface area contributed by atoms with Gasteiger partial charge in [-0.25, -0.2) is 19.7 Å². The van der Waals surface area contributed by atoms with Crippen LogP contribution in [0.2, 0.25) is 10.0 Å². The van der Waals surface area contributed by atoms with Gasteiger partial charge in [0.1, 0.15) is 28.4 Å². The van der Waals surface area contributed by atoms with Crippen molar-refractivity contribution < 1.29 is 23.7 Å². The van der Waals surface area contributed by atoms with Crippen LogP contribution in [0.5, 0.6) is 17.4 Å². The van der Waals surface area contributed by atoms with E-state index >= 15 is 0 Å². The van der Waals surface area contributed by atoms with Gasteiger partial charge in [0, 0.05) is 22.3 Å². The number of amides is 1. The first-order valence-electron chi connectivity index (χ1n) is 11.8. The Morgan fingerprint density at radius 3 is 2.77 bits per heavy atom. The monoisotopic (exact) mass is 582 g/mol. The molecule has 1 aliphatic rings. The first-order valence-corrected chi connectivity index (χ1v) is 13.4. The second kappa shape index (κ2) is 10.4. The van der Waals surface area contributed by atoms with Gasteiger partial charge in [0.05, 0.1) is 29.4 Å². The number of methoxy groups -OCH3 is 1. The van der Waals surface area contributed by atoms with E-state index < -0.39 is 12.2 Å². The number of anilines is 1. The molecule has 1 amide bonds. The zero-order valence-corrected chi connectivity index (χ0v) is 23.0. The van der Waals surface area contributed by atoms with Gasteiger partial charge in [-0.1, -0.05) is 23.2 Å². The maximum Gasteiger partial charge on any atom is 0.411 e. The van der Waals surface area contributed by atoms with Crippen molar-refractivity contribution in [1.82, 2.24) is 15.0 Å². The number of aromatic nitrogens is 3. The van der Waals surface area contributed by atoms with Gasteiger partial charge in [0.25, 0.3) is 0 Å². The van der Waals surface area contributed by atoms with Gasteiger partial charge in [-0.05, 0) is 48.9 Å². The molecule has 198 valence electrons. The lowest BCUT2D eigenvalue weighted by atomic mass is 10.1. The van der Waals surface area contributed by atoms with Gasteiger partial charge < -0.3 is 18.9 Å². The largest absolute Gasteiger partial charge is 0.484 e. The number of hydrogen-bond acceptors (Lipinski definition) is 9. The number of carbonyl (C=O) groups excluding carboxylic acids is 1.